The quantitative estimate of drug-likeness (QED) is 0.275. The molecule has 0 radical (unpaired) electrons. The van der Waals surface area contributed by atoms with Gasteiger partial charge in [-0.05, 0) is 182 Å². The van der Waals surface area contributed by atoms with Crippen molar-refractivity contribution in [2.75, 3.05) is 20.3 Å². The lowest BCUT2D eigenvalue weighted by Crippen LogP contribution is -2.64. The predicted molar refractivity (Wildman–Crippen MR) is 301 cm³/mol. The van der Waals surface area contributed by atoms with E-state index in [0.29, 0.717) is 17.6 Å². The number of hydrogen-bond acceptors (Lipinski definition) is 6. The predicted octanol–water partition coefficient (Wildman–Crippen LogP) is 15.8. The molecular formula is C67H100N2O6. The molecule has 75 heavy (non-hydrogen) atoms. The van der Waals surface area contributed by atoms with E-state index in [1.807, 2.05) is 52.0 Å². The summed E-state index contributed by atoms with van der Waals surface area (Å²) in [5.74, 6) is 1.30. The van der Waals surface area contributed by atoms with E-state index in [4.69, 9.17) is 20.6 Å². The number of aliphatic hydroxyl groups excluding tert-OH is 1. The summed E-state index contributed by atoms with van der Waals surface area (Å²) in [5.41, 5.74) is 0.798. The van der Waals surface area contributed by atoms with Crippen molar-refractivity contribution in [3.8, 4) is 0 Å². The van der Waals surface area contributed by atoms with Crippen molar-refractivity contribution in [1.29, 1.82) is 0 Å². The highest BCUT2D eigenvalue weighted by atomic mass is 16.5. The fraction of sp³-hybridized carbons (Fsp3) is 0.791. The smallest absolute Gasteiger partial charge is 0.226 e. The molecule has 0 saturated heterocycles. The van der Waals surface area contributed by atoms with Gasteiger partial charge in [0.05, 0.1) is 13.1 Å². The first kappa shape index (κ1) is 56.3. The zero-order valence-corrected chi connectivity index (χ0v) is 49.9. The third-order valence-corrected chi connectivity index (χ3v) is 25.5. The molecule has 0 bridgehead atoms. The van der Waals surface area contributed by atoms with Crippen LogP contribution in [0.1, 0.15) is 217 Å². The Bertz CT molecular complexity index is 2630. The monoisotopic (exact) mass is 1030 g/mol. The number of carbonyl (C=O) groups excluding carboxylic acids is 4. The lowest BCUT2D eigenvalue weighted by atomic mass is 9.34. The number of aliphatic hydroxyl groups is 1. The van der Waals surface area contributed by atoms with Gasteiger partial charge < -0.3 is 19.4 Å². The molecule has 8 heteroatoms. The molecule has 0 aromatic heterocycles. The number of ether oxygens (including phenoxy) is 1. The van der Waals surface area contributed by atoms with Crippen LogP contribution >= 0.6 is 0 Å². The fourth-order valence-electron chi connectivity index (χ4n) is 20.8. The second-order valence-electron chi connectivity index (χ2n) is 30.4. The summed E-state index contributed by atoms with van der Waals surface area (Å²) in [7, 11) is 4.30. The highest BCUT2D eigenvalue weighted by molar-refractivity contribution is 6.04. The average molecular weight is 1030 g/mol. The number of hydrogen-bond donors (Lipinski definition) is 1. The SMILES string of the molecule is [3H]C.[3H]C.[C-]#[N+]C1=C[C@]2(C)C3=CC(=O)[C@@H]4[C@@H]5CC(C)(C)CC[C@]5(CCO)CC[C@@]4(C)[C@]3(C)CC[C@H]2C(C)(C)C1=O.[C-]#[N+]C1=C[C@]2(C)C3=CC(=O)[C@@H]4[C@@H]5CC(C)(C)CC[C@]5(CCOC)CC[C@@]4(C)[C@]3(C)CC[C@H]2C(C)(C)C1=O. The van der Waals surface area contributed by atoms with Gasteiger partial charge in [-0.15, -0.1) is 0 Å². The van der Waals surface area contributed by atoms with Gasteiger partial charge in [-0.25, -0.2) is 9.69 Å². The molecule has 0 spiro atoms. The number of nitrogens with zero attached hydrogens (tertiary/aromatic N) is 2. The summed E-state index contributed by atoms with van der Waals surface area (Å²) in [5, 5.41) is 10.1. The Kier molecular flexibility index (Phi) is 13.9. The first-order valence-corrected chi connectivity index (χ1v) is 28.7. The second-order valence-corrected chi connectivity index (χ2v) is 30.4. The van der Waals surface area contributed by atoms with Crippen LogP contribution < -0.4 is 0 Å². The minimum atomic E-state index is -0.622. The highest BCUT2D eigenvalue weighted by Gasteiger charge is 2.72. The topological polar surface area (TPSA) is 106 Å². The Labute approximate surface area is 458 Å². The zero-order valence-electron chi connectivity index (χ0n) is 51.9. The third kappa shape index (κ3) is 8.00. The molecule has 8 nitrogen and oxygen atoms in total. The van der Waals surface area contributed by atoms with Crippen molar-refractivity contribution in [1.82, 2.24) is 0 Å². The first-order chi connectivity index (χ1) is 35.7. The molecule has 10 rings (SSSR count). The van der Waals surface area contributed by atoms with Gasteiger partial charge in [-0.2, -0.15) is 0 Å². The Morgan fingerprint density at radius 2 is 0.933 bits per heavy atom. The Morgan fingerprint density at radius 3 is 1.28 bits per heavy atom. The van der Waals surface area contributed by atoms with Crippen LogP contribution in [0, 0.1) is 114 Å². The number of fused-ring (bicyclic) bond motifs is 14. The summed E-state index contributed by atoms with van der Waals surface area (Å²) < 4.78 is 17.1. The zero-order chi connectivity index (χ0) is 57.8. The van der Waals surface area contributed by atoms with Crippen molar-refractivity contribution in [3.63, 3.8) is 0 Å². The van der Waals surface area contributed by atoms with E-state index in [2.05, 4.69) is 78.9 Å². The van der Waals surface area contributed by atoms with Crippen LogP contribution in [-0.4, -0.2) is 48.6 Å². The van der Waals surface area contributed by atoms with Gasteiger partial charge in [0, 0.05) is 56.6 Å². The minimum absolute atomic E-state index is 0.0223. The lowest BCUT2D eigenvalue weighted by Gasteiger charge is -2.69. The largest absolute Gasteiger partial charge is 0.396 e. The van der Waals surface area contributed by atoms with Gasteiger partial charge in [0.25, 0.3) is 0 Å². The van der Waals surface area contributed by atoms with Crippen LogP contribution in [0.4, 0.5) is 0 Å². The molecule has 0 amide bonds. The average Bonchev–Trinajstić information content (AvgIpc) is 3.36. The van der Waals surface area contributed by atoms with Crippen LogP contribution in [0.15, 0.2) is 46.8 Å². The number of allylic oxidation sites excluding steroid dienone is 8. The molecule has 0 unspecified atom stereocenters. The molecule has 0 aromatic rings. The number of ketones is 4. The van der Waals surface area contributed by atoms with E-state index in [0.717, 1.165) is 96.5 Å². The van der Waals surface area contributed by atoms with Crippen molar-refractivity contribution in [2.24, 2.45) is 100 Å². The van der Waals surface area contributed by atoms with Crippen LogP contribution in [0.2, 0.25) is 0 Å². The van der Waals surface area contributed by atoms with Crippen LogP contribution in [0.3, 0.4) is 0 Å². The van der Waals surface area contributed by atoms with Crippen LogP contribution in [0.5, 0.6) is 0 Å². The normalized spacial score (nSPS) is 45.3. The van der Waals surface area contributed by atoms with E-state index in [1.54, 1.807) is 7.11 Å². The van der Waals surface area contributed by atoms with E-state index in [-0.39, 0.29) is 102 Å². The summed E-state index contributed by atoms with van der Waals surface area (Å²) in [6, 6.07) is 0. The van der Waals surface area contributed by atoms with Gasteiger partial charge in [-0.3, -0.25) is 9.59 Å². The molecule has 14 atom stereocenters. The maximum atomic E-state index is 14.5. The summed E-state index contributed by atoms with van der Waals surface area (Å²) in [4.78, 5) is 62.6. The number of rotatable bonds is 5. The fourth-order valence-corrected chi connectivity index (χ4v) is 20.8. The van der Waals surface area contributed by atoms with Gasteiger partial charge in [-0.1, -0.05) is 135 Å². The van der Waals surface area contributed by atoms with Gasteiger partial charge >= 0.3 is 0 Å². The summed E-state index contributed by atoms with van der Waals surface area (Å²) in [6.07, 6.45) is 24.7. The standard InChI is InChI=1S/C33H47NO3.C32H45NO3.2CH4/c1-28(2)12-14-33(16-17-37-9)15-13-32(7)26(21(33)19-28)23(35)18-25-30(5)20-22(34-8)27(36)29(3,4)24(30)10-11-31(25,32)6;1-27(2)11-13-32(15-16-34)14-12-31(7)25(20(32)18-27)22(35)17-24-29(5)19-21(33-8)26(36)28(3,4)23(29)9-10-30(24,31)6;;/h18,20-21,24,26H,10-17,19H2,1-7,9H3;17,19-20,23,25,34H,9-16,18H2,1-7H3;2*1H4/t21-,24-,26-,30-,31+,32+,33+;20-,23-,25-,29-,30+,31+,32+;;/m00../s1/i;;2*1T. The Hall–Kier alpha value is -3.46. The minimum Gasteiger partial charge on any atom is -0.396 e. The lowest BCUT2D eigenvalue weighted by molar-refractivity contribution is -0.174. The molecule has 414 valence electrons. The third-order valence-electron chi connectivity index (χ3n) is 25.5. The van der Waals surface area contributed by atoms with Crippen molar-refractivity contribution >= 4 is 23.1 Å². The van der Waals surface area contributed by atoms with Crippen LogP contribution in [-0.2, 0) is 23.9 Å². The molecule has 1 N–H and O–H groups in total. The maximum absolute atomic E-state index is 14.5. The molecule has 10 aliphatic rings. The Morgan fingerprint density at radius 1 is 0.573 bits per heavy atom. The molecule has 6 fully saturated rings. The summed E-state index contributed by atoms with van der Waals surface area (Å²) in [6.45, 7) is 48.0. The Balaban J connectivity index is 0.000000210. The maximum Gasteiger partial charge on any atom is 0.226 e. The van der Waals surface area contributed by atoms with E-state index >= 15 is 0 Å². The van der Waals surface area contributed by atoms with Crippen molar-refractivity contribution in [2.45, 2.75) is 214 Å². The first-order valence-electron chi connectivity index (χ1n) is 30.7. The van der Waals surface area contributed by atoms with Gasteiger partial charge in [0.2, 0.25) is 11.4 Å². The van der Waals surface area contributed by atoms with Crippen molar-refractivity contribution < 1.29 is 31.8 Å². The van der Waals surface area contributed by atoms with Gasteiger partial charge in [0.1, 0.15) is 0 Å². The molecule has 10 aliphatic carbocycles. The van der Waals surface area contributed by atoms with E-state index < -0.39 is 21.7 Å². The van der Waals surface area contributed by atoms with Gasteiger partial charge in [0.15, 0.2) is 23.1 Å². The molecule has 0 heterocycles. The molecule has 0 aromatic carbocycles. The number of methoxy groups -OCH3 is 1. The van der Waals surface area contributed by atoms with Crippen molar-refractivity contribution in [3.05, 3.63) is 69.7 Å². The molecule has 6 saturated carbocycles. The highest BCUT2D eigenvalue weighted by Crippen LogP contribution is 2.77. The number of Topliss-reactive ketones (excluding diaryl/α,β-unsaturated/α-hetero) is 2. The molecular weight excluding hydrogens is 929 g/mol. The van der Waals surface area contributed by atoms with Crippen LogP contribution in [0.25, 0.3) is 9.69 Å². The molecule has 0 aliphatic heterocycles. The van der Waals surface area contributed by atoms with E-state index in [1.165, 1.54) is 38.8 Å². The second kappa shape index (κ2) is 18.6. The summed E-state index contributed by atoms with van der Waals surface area (Å²) >= 11 is 0. The van der Waals surface area contributed by atoms with E-state index in [9.17, 15) is 24.3 Å². The number of carbonyl (C=O) groups is 4.